The number of nitrogens with one attached hydrogen (secondary N) is 1. The number of benzene rings is 1. The Hall–Kier alpha value is -1.16. The molecule has 0 aromatic heterocycles. The number of ether oxygens (including phenoxy) is 1. The van der Waals surface area contributed by atoms with Crippen molar-refractivity contribution in [3.05, 3.63) is 29.3 Å². The maximum atomic E-state index is 13.7. The van der Waals surface area contributed by atoms with Gasteiger partial charge in [-0.1, -0.05) is 6.07 Å². The molecule has 1 aliphatic heterocycles. The minimum absolute atomic E-state index is 0.0800. The van der Waals surface area contributed by atoms with Gasteiger partial charge in [-0.25, -0.2) is 4.39 Å². The molecule has 0 radical (unpaired) electrons. The molecule has 1 N–H and O–H groups in total. The van der Waals surface area contributed by atoms with Crippen molar-refractivity contribution in [2.75, 3.05) is 0 Å². The number of rotatable bonds is 2. The fourth-order valence-corrected chi connectivity index (χ4v) is 2.34. The van der Waals surface area contributed by atoms with Crippen molar-refractivity contribution in [2.24, 2.45) is 0 Å². The molecule has 1 heterocycles. The summed E-state index contributed by atoms with van der Waals surface area (Å²) in [4.78, 5) is 0. The second-order valence-electron chi connectivity index (χ2n) is 4.94. The number of hydrogen-bond donors (Lipinski definition) is 1. The fourth-order valence-electron chi connectivity index (χ4n) is 2.34. The maximum Gasteiger partial charge on any atom is 0.200 e. The number of halogens is 2. The van der Waals surface area contributed by atoms with Gasteiger partial charge in [0.15, 0.2) is 11.6 Å². The molecule has 1 fully saturated rings. The highest BCUT2D eigenvalue weighted by Crippen LogP contribution is 2.39. The lowest BCUT2D eigenvalue weighted by molar-refractivity contribution is 0.155. The highest BCUT2D eigenvalue weighted by molar-refractivity contribution is 5.40. The highest BCUT2D eigenvalue weighted by atomic mass is 19.2. The van der Waals surface area contributed by atoms with Crippen molar-refractivity contribution in [1.29, 1.82) is 0 Å². The molecule has 0 saturated heterocycles. The molecular weight excluding hydrogens is 224 g/mol. The van der Waals surface area contributed by atoms with E-state index >= 15 is 0 Å². The summed E-state index contributed by atoms with van der Waals surface area (Å²) < 4.78 is 32.2. The van der Waals surface area contributed by atoms with Crippen LogP contribution in [0.1, 0.15) is 37.8 Å². The van der Waals surface area contributed by atoms with Gasteiger partial charge in [0.1, 0.15) is 0 Å². The lowest BCUT2D eigenvalue weighted by Crippen LogP contribution is -2.33. The van der Waals surface area contributed by atoms with Crippen LogP contribution < -0.4 is 10.1 Å². The molecule has 3 rings (SSSR count). The van der Waals surface area contributed by atoms with Crippen molar-refractivity contribution >= 4 is 0 Å². The Kier molecular flexibility index (Phi) is 2.54. The molecule has 1 aromatic rings. The Bertz CT molecular complexity index is 445. The van der Waals surface area contributed by atoms with E-state index in [9.17, 15) is 8.78 Å². The third kappa shape index (κ3) is 2.02. The van der Waals surface area contributed by atoms with Gasteiger partial charge in [0, 0.05) is 24.1 Å². The Balaban J connectivity index is 1.97. The Labute approximate surface area is 99.0 Å². The minimum atomic E-state index is -0.864. The molecule has 1 saturated carbocycles. The Morgan fingerprint density at radius 2 is 2.06 bits per heavy atom. The highest BCUT2D eigenvalue weighted by Gasteiger charge is 2.33. The van der Waals surface area contributed by atoms with Gasteiger partial charge in [-0.15, -0.1) is 0 Å². The molecule has 1 aromatic carbocycles. The first-order valence-electron chi connectivity index (χ1n) is 6.05. The van der Waals surface area contributed by atoms with E-state index in [1.807, 2.05) is 6.92 Å². The summed E-state index contributed by atoms with van der Waals surface area (Å²) in [5.74, 6) is -1.62. The summed E-state index contributed by atoms with van der Waals surface area (Å²) in [5.41, 5.74) is 0.744. The molecule has 1 aliphatic carbocycles. The van der Waals surface area contributed by atoms with Crippen molar-refractivity contribution in [2.45, 2.75) is 44.4 Å². The van der Waals surface area contributed by atoms with Gasteiger partial charge in [0.05, 0.1) is 6.10 Å². The second-order valence-corrected chi connectivity index (χ2v) is 4.94. The van der Waals surface area contributed by atoms with E-state index in [0.717, 1.165) is 12.0 Å². The molecule has 92 valence electrons. The summed E-state index contributed by atoms with van der Waals surface area (Å²) in [5, 5.41) is 3.46. The van der Waals surface area contributed by atoms with Gasteiger partial charge < -0.3 is 10.1 Å². The van der Waals surface area contributed by atoms with E-state index in [2.05, 4.69) is 5.32 Å². The smallest absolute Gasteiger partial charge is 0.200 e. The van der Waals surface area contributed by atoms with Gasteiger partial charge in [-0.3, -0.25) is 0 Å². The zero-order valence-corrected chi connectivity index (χ0v) is 9.67. The molecule has 2 nitrogen and oxygen atoms in total. The van der Waals surface area contributed by atoms with Crippen LogP contribution in [0.5, 0.6) is 5.75 Å². The van der Waals surface area contributed by atoms with Crippen LogP contribution in [0.15, 0.2) is 12.1 Å². The van der Waals surface area contributed by atoms with Crippen LogP contribution in [0.3, 0.4) is 0 Å². The summed E-state index contributed by atoms with van der Waals surface area (Å²) in [6.45, 7) is 1.88. The van der Waals surface area contributed by atoms with Crippen LogP contribution in [0.4, 0.5) is 8.78 Å². The van der Waals surface area contributed by atoms with Gasteiger partial charge in [0.2, 0.25) is 5.82 Å². The number of fused-ring (bicyclic) bond motifs is 1. The zero-order chi connectivity index (χ0) is 12.0. The molecule has 2 aliphatic rings. The van der Waals surface area contributed by atoms with Crippen molar-refractivity contribution in [3.8, 4) is 5.75 Å². The summed E-state index contributed by atoms with van der Waals surface area (Å²) in [6.07, 6.45) is 3.06. The van der Waals surface area contributed by atoms with E-state index in [1.165, 1.54) is 18.9 Å². The molecule has 0 spiro atoms. The van der Waals surface area contributed by atoms with E-state index in [4.69, 9.17) is 4.74 Å². The first-order valence-corrected chi connectivity index (χ1v) is 6.05. The third-order valence-corrected chi connectivity index (χ3v) is 3.36. The molecule has 0 amide bonds. The fraction of sp³-hybridized carbons (Fsp3) is 0.538. The normalized spacial score (nSPS) is 27.5. The summed E-state index contributed by atoms with van der Waals surface area (Å²) in [7, 11) is 0. The predicted octanol–water partition coefficient (Wildman–Crippen LogP) is 2.93. The SMILES string of the molecule is CC1CC(NC2CC2)c2ccc(F)c(F)c2O1. The standard InChI is InChI=1S/C13H15F2NO/c1-7-6-11(16-8-2-3-8)9-4-5-10(14)12(15)13(9)17-7/h4-5,7-8,11,16H,2-3,6H2,1H3. The van der Waals surface area contributed by atoms with Crippen LogP contribution >= 0.6 is 0 Å². The Morgan fingerprint density at radius 1 is 1.29 bits per heavy atom. The predicted molar refractivity (Wildman–Crippen MR) is 60.0 cm³/mol. The van der Waals surface area contributed by atoms with E-state index in [0.29, 0.717) is 6.04 Å². The topological polar surface area (TPSA) is 21.3 Å². The molecule has 2 atom stereocenters. The van der Waals surface area contributed by atoms with E-state index in [-0.39, 0.29) is 17.9 Å². The largest absolute Gasteiger partial charge is 0.487 e. The third-order valence-electron chi connectivity index (χ3n) is 3.36. The van der Waals surface area contributed by atoms with Crippen LogP contribution in [0.2, 0.25) is 0 Å². The molecule has 0 bridgehead atoms. The van der Waals surface area contributed by atoms with Crippen LogP contribution in [-0.4, -0.2) is 12.1 Å². The Morgan fingerprint density at radius 3 is 2.76 bits per heavy atom. The monoisotopic (exact) mass is 239 g/mol. The zero-order valence-electron chi connectivity index (χ0n) is 9.67. The quantitative estimate of drug-likeness (QED) is 0.856. The summed E-state index contributed by atoms with van der Waals surface area (Å²) in [6, 6.07) is 3.41. The molecule has 2 unspecified atom stereocenters. The van der Waals surface area contributed by atoms with Crippen LogP contribution in [0.25, 0.3) is 0 Å². The summed E-state index contributed by atoms with van der Waals surface area (Å²) >= 11 is 0. The van der Waals surface area contributed by atoms with E-state index in [1.54, 1.807) is 6.07 Å². The first-order chi connectivity index (χ1) is 8.15. The lowest BCUT2D eigenvalue weighted by Gasteiger charge is -2.31. The molecule has 4 heteroatoms. The molecular formula is C13H15F2NO. The number of hydrogen-bond acceptors (Lipinski definition) is 2. The van der Waals surface area contributed by atoms with E-state index < -0.39 is 11.6 Å². The van der Waals surface area contributed by atoms with Crippen molar-refractivity contribution < 1.29 is 13.5 Å². The second kappa shape index (κ2) is 3.95. The minimum Gasteiger partial charge on any atom is -0.487 e. The van der Waals surface area contributed by atoms with Gasteiger partial charge in [0.25, 0.3) is 0 Å². The average Bonchev–Trinajstić information content (AvgIpc) is 3.08. The van der Waals surface area contributed by atoms with Gasteiger partial charge in [-0.05, 0) is 25.8 Å². The maximum absolute atomic E-state index is 13.7. The van der Waals surface area contributed by atoms with Crippen LogP contribution in [0, 0.1) is 11.6 Å². The van der Waals surface area contributed by atoms with Gasteiger partial charge in [-0.2, -0.15) is 4.39 Å². The van der Waals surface area contributed by atoms with Crippen LogP contribution in [-0.2, 0) is 0 Å². The average molecular weight is 239 g/mol. The van der Waals surface area contributed by atoms with Crippen molar-refractivity contribution in [3.63, 3.8) is 0 Å². The first kappa shape index (κ1) is 11.0. The molecule has 17 heavy (non-hydrogen) atoms. The lowest BCUT2D eigenvalue weighted by atomic mass is 9.96. The van der Waals surface area contributed by atoms with Crippen molar-refractivity contribution in [1.82, 2.24) is 5.32 Å². The van der Waals surface area contributed by atoms with Gasteiger partial charge >= 0.3 is 0 Å².